The first-order chi connectivity index (χ1) is 9.25. The summed E-state index contributed by atoms with van der Waals surface area (Å²) in [4.78, 5) is 16.3. The molecule has 3 aliphatic rings. The second-order valence-corrected chi connectivity index (χ2v) is 6.53. The van der Waals surface area contributed by atoms with Crippen LogP contribution in [0, 0.1) is 5.92 Å². The van der Waals surface area contributed by atoms with Crippen LogP contribution in [0.4, 0.5) is 4.79 Å². The lowest BCUT2D eigenvalue weighted by Crippen LogP contribution is -2.39. The Hall–Kier alpha value is -0.770. The zero-order valence-electron chi connectivity index (χ0n) is 12.1. The summed E-state index contributed by atoms with van der Waals surface area (Å²) in [5.74, 6) is 0.770. The summed E-state index contributed by atoms with van der Waals surface area (Å²) in [6.07, 6.45) is 9.05. The smallest absolute Gasteiger partial charge is 0.320 e. The summed E-state index contributed by atoms with van der Waals surface area (Å²) in [7, 11) is 1.99. The van der Waals surface area contributed by atoms with Gasteiger partial charge in [0.2, 0.25) is 0 Å². The molecule has 0 spiro atoms. The number of carbonyl (C=O) groups is 1. The Morgan fingerprint density at radius 3 is 2.68 bits per heavy atom. The molecule has 0 aromatic heterocycles. The molecule has 108 valence electrons. The molecule has 1 saturated carbocycles. The van der Waals surface area contributed by atoms with Crippen molar-refractivity contribution >= 4 is 6.03 Å². The minimum Gasteiger partial charge on any atom is -0.323 e. The highest BCUT2D eigenvalue weighted by molar-refractivity contribution is 5.77. The molecule has 2 saturated heterocycles. The number of piperidine rings is 1. The van der Waals surface area contributed by atoms with Crippen molar-refractivity contribution < 1.29 is 4.79 Å². The van der Waals surface area contributed by atoms with Crippen LogP contribution in [0.5, 0.6) is 0 Å². The van der Waals surface area contributed by atoms with Crippen LogP contribution in [-0.4, -0.2) is 54.6 Å². The van der Waals surface area contributed by atoms with E-state index in [1.165, 1.54) is 38.5 Å². The largest absolute Gasteiger partial charge is 0.323 e. The maximum Gasteiger partial charge on any atom is 0.320 e. The van der Waals surface area contributed by atoms with Gasteiger partial charge in [-0.05, 0) is 44.6 Å². The van der Waals surface area contributed by atoms with Crippen molar-refractivity contribution in [2.75, 3.05) is 26.7 Å². The van der Waals surface area contributed by atoms with Gasteiger partial charge in [-0.25, -0.2) is 4.79 Å². The third-order valence-electron chi connectivity index (χ3n) is 5.33. The van der Waals surface area contributed by atoms with Gasteiger partial charge in [0, 0.05) is 26.2 Å². The minimum atomic E-state index is 0.257. The van der Waals surface area contributed by atoms with E-state index in [-0.39, 0.29) is 6.03 Å². The molecule has 2 aliphatic heterocycles. The van der Waals surface area contributed by atoms with E-state index < -0.39 is 0 Å². The first-order valence-electron chi connectivity index (χ1n) is 8.01. The number of amides is 2. The average molecular weight is 265 g/mol. The Morgan fingerprint density at radius 1 is 1.21 bits per heavy atom. The maximum atomic E-state index is 12.3. The molecule has 0 aromatic rings. The monoisotopic (exact) mass is 265 g/mol. The van der Waals surface area contributed by atoms with Crippen molar-refractivity contribution in [1.82, 2.24) is 15.1 Å². The van der Waals surface area contributed by atoms with Crippen LogP contribution in [0.2, 0.25) is 0 Å². The predicted octanol–water partition coefficient (Wildman–Crippen LogP) is 2.05. The molecule has 0 radical (unpaired) electrons. The van der Waals surface area contributed by atoms with E-state index in [0.29, 0.717) is 12.1 Å². The van der Waals surface area contributed by atoms with Gasteiger partial charge in [-0.15, -0.1) is 0 Å². The summed E-state index contributed by atoms with van der Waals surface area (Å²) >= 11 is 0. The number of urea groups is 1. The normalized spacial score (nSPS) is 32.8. The van der Waals surface area contributed by atoms with E-state index in [4.69, 9.17) is 0 Å². The van der Waals surface area contributed by atoms with Gasteiger partial charge in [-0.1, -0.05) is 12.8 Å². The zero-order chi connectivity index (χ0) is 13.2. The summed E-state index contributed by atoms with van der Waals surface area (Å²) < 4.78 is 0. The van der Waals surface area contributed by atoms with Gasteiger partial charge >= 0.3 is 6.03 Å². The van der Waals surface area contributed by atoms with Crippen LogP contribution in [0.3, 0.4) is 0 Å². The van der Waals surface area contributed by atoms with Gasteiger partial charge in [-0.3, -0.25) is 0 Å². The fraction of sp³-hybridized carbons (Fsp3) is 0.933. The SMILES string of the molecule is CN1C(=O)N(CCC2CCCCN2)CC1C1CCC1. The number of hydrogen-bond acceptors (Lipinski definition) is 2. The lowest BCUT2D eigenvalue weighted by molar-refractivity contribution is 0.163. The fourth-order valence-electron chi connectivity index (χ4n) is 3.75. The first kappa shape index (κ1) is 13.2. The number of hydrogen-bond donors (Lipinski definition) is 1. The molecule has 4 nitrogen and oxygen atoms in total. The molecule has 3 rings (SSSR count). The van der Waals surface area contributed by atoms with E-state index in [2.05, 4.69) is 10.2 Å². The molecule has 0 bridgehead atoms. The third-order valence-corrected chi connectivity index (χ3v) is 5.33. The molecule has 2 amide bonds. The van der Waals surface area contributed by atoms with Crippen molar-refractivity contribution in [2.24, 2.45) is 5.92 Å². The van der Waals surface area contributed by atoms with Gasteiger partial charge in [0.15, 0.2) is 0 Å². The van der Waals surface area contributed by atoms with Crippen LogP contribution >= 0.6 is 0 Å². The predicted molar refractivity (Wildman–Crippen MR) is 76.1 cm³/mol. The first-order valence-corrected chi connectivity index (χ1v) is 8.01. The standard InChI is InChI=1S/C15H27N3O/c1-17-14(12-5-4-6-12)11-18(15(17)19)10-8-13-7-2-3-9-16-13/h12-14,16H,2-11H2,1H3. The number of carbonyl (C=O) groups excluding carboxylic acids is 1. The Bertz CT molecular complexity index is 323. The van der Waals surface area contributed by atoms with Gasteiger partial charge in [0.25, 0.3) is 0 Å². The van der Waals surface area contributed by atoms with Gasteiger partial charge in [-0.2, -0.15) is 0 Å². The Kier molecular flexibility index (Phi) is 3.96. The Labute approximate surface area is 116 Å². The van der Waals surface area contributed by atoms with Crippen molar-refractivity contribution in [3.8, 4) is 0 Å². The number of nitrogens with one attached hydrogen (secondary N) is 1. The second-order valence-electron chi connectivity index (χ2n) is 6.53. The van der Waals surface area contributed by atoms with Crippen molar-refractivity contribution in [3.05, 3.63) is 0 Å². The molecule has 1 aliphatic carbocycles. The molecule has 3 fully saturated rings. The van der Waals surface area contributed by atoms with Gasteiger partial charge in [0.05, 0.1) is 6.04 Å². The Balaban J connectivity index is 1.49. The van der Waals surface area contributed by atoms with E-state index >= 15 is 0 Å². The summed E-state index contributed by atoms with van der Waals surface area (Å²) in [6, 6.07) is 1.38. The van der Waals surface area contributed by atoms with Gasteiger partial charge in [0.1, 0.15) is 0 Å². The molecular weight excluding hydrogens is 238 g/mol. The molecular formula is C15H27N3O. The van der Waals surface area contributed by atoms with Crippen molar-refractivity contribution in [3.63, 3.8) is 0 Å². The van der Waals surface area contributed by atoms with E-state index in [9.17, 15) is 4.79 Å². The van der Waals surface area contributed by atoms with Crippen LogP contribution in [0.25, 0.3) is 0 Å². The molecule has 2 unspecified atom stereocenters. The fourth-order valence-corrected chi connectivity index (χ4v) is 3.75. The van der Waals surface area contributed by atoms with Crippen LogP contribution in [0.15, 0.2) is 0 Å². The lowest BCUT2D eigenvalue weighted by Gasteiger charge is -2.34. The third kappa shape index (κ3) is 2.73. The maximum absolute atomic E-state index is 12.3. The van der Waals surface area contributed by atoms with E-state index in [0.717, 1.165) is 32.0 Å². The molecule has 2 atom stereocenters. The Morgan fingerprint density at radius 2 is 2.05 bits per heavy atom. The average Bonchev–Trinajstić information content (AvgIpc) is 2.64. The summed E-state index contributed by atoms with van der Waals surface area (Å²) in [5.41, 5.74) is 0. The lowest BCUT2D eigenvalue weighted by atomic mass is 9.79. The molecule has 0 aromatic carbocycles. The highest BCUT2D eigenvalue weighted by Gasteiger charge is 2.40. The number of likely N-dealkylation sites (N-methyl/N-ethyl adjacent to an activating group) is 1. The molecule has 2 heterocycles. The molecule has 1 N–H and O–H groups in total. The quantitative estimate of drug-likeness (QED) is 0.844. The van der Waals surface area contributed by atoms with Gasteiger partial charge < -0.3 is 15.1 Å². The number of nitrogens with zero attached hydrogens (tertiary/aromatic N) is 2. The van der Waals surface area contributed by atoms with Crippen LogP contribution in [0.1, 0.15) is 44.9 Å². The highest BCUT2D eigenvalue weighted by Crippen LogP contribution is 2.35. The number of rotatable bonds is 4. The topological polar surface area (TPSA) is 35.6 Å². The molecule has 19 heavy (non-hydrogen) atoms. The molecule has 4 heteroatoms. The van der Waals surface area contributed by atoms with E-state index in [1.54, 1.807) is 0 Å². The van der Waals surface area contributed by atoms with E-state index in [1.807, 2.05) is 11.9 Å². The zero-order valence-corrected chi connectivity index (χ0v) is 12.1. The minimum absolute atomic E-state index is 0.257. The van der Waals surface area contributed by atoms with Crippen LogP contribution < -0.4 is 5.32 Å². The summed E-state index contributed by atoms with van der Waals surface area (Å²) in [6.45, 7) is 3.06. The highest BCUT2D eigenvalue weighted by atomic mass is 16.2. The van der Waals surface area contributed by atoms with Crippen molar-refractivity contribution in [2.45, 2.75) is 57.0 Å². The second kappa shape index (κ2) is 5.70. The van der Waals surface area contributed by atoms with Crippen molar-refractivity contribution in [1.29, 1.82) is 0 Å². The summed E-state index contributed by atoms with van der Waals surface area (Å²) in [5, 5.41) is 3.57. The van der Waals surface area contributed by atoms with Crippen LogP contribution in [-0.2, 0) is 0 Å².